The second kappa shape index (κ2) is 4.81. The lowest BCUT2D eigenvalue weighted by Crippen LogP contribution is -2.41. The first-order chi connectivity index (χ1) is 8.08. The van der Waals surface area contributed by atoms with Gasteiger partial charge < -0.3 is 9.67 Å². The van der Waals surface area contributed by atoms with Crippen LogP contribution in [0, 0.1) is 11.8 Å². The smallest absolute Gasteiger partial charge is 0.141 e. The molecule has 0 aliphatic heterocycles. The topological polar surface area (TPSA) is 38.0 Å². The molecule has 2 rings (SSSR count). The van der Waals surface area contributed by atoms with Crippen molar-refractivity contribution < 1.29 is 5.11 Å². The fraction of sp³-hybridized carbons (Fsp3) is 0.786. The van der Waals surface area contributed by atoms with Gasteiger partial charge in [-0.1, -0.05) is 20.8 Å². The van der Waals surface area contributed by atoms with E-state index in [9.17, 15) is 5.11 Å². The lowest BCUT2D eigenvalue weighted by Gasteiger charge is -2.40. The minimum atomic E-state index is -0.717. The Balaban J connectivity index is 2.27. The molecule has 0 aromatic carbocycles. The summed E-state index contributed by atoms with van der Waals surface area (Å²) in [5.74, 6) is 1.89. The molecule has 0 radical (unpaired) electrons. The van der Waals surface area contributed by atoms with Crippen LogP contribution in [0.5, 0.6) is 0 Å². The van der Waals surface area contributed by atoms with E-state index in [1.165, 1.54) is 0 Å². The van der Waals surface area contributed by atoms with Crippen LogP contribution >= 0.6 is 0 Å². The fourth-order valence-electron chi connectivity index (χ4n) is 3.07. The van der Waals surface area contributed by atoms with E-state index in [1.807, 2.05) is 12.4 Å². The van der Waals surface area contributed by atoms with Crippen LogP contribution in [-0.4, -0.2) is 14.7 Å². The Bertz CT molecular complexity index is 374. The number of nitrogens with zero attached hydrogens (tertiary/aromatic N) is 2. The van der Waals surface area contributed by atoms with Crippen LogP contribution < -0.4 is 0 Å². The number of rotatable bonds is 3. The third kappa shape index (κ3) is 2.25. The van der Waals surface area contributed by atoms with Crippen LogP contribution in [0.3, 0.4) is 0 Å². The standard InChI is InChI=1S/C14H24N2O/c1-4-8-16-9-7-15-13(16)14(17)6-5-11(2)10-12(14)3/h7,9,11-12,17H,4-6,8,10H2,1-3H3. The molecule has 1 saturated carbocycles. The van der Waals surface area contributed by atoms with Gasteiger partial charge in [0.15, 0.2) is 0 Å². The molecular formula is C14H24N2O. The molecule has 1 aromatic rings. The van der Waals surface area contributed by atoms with E-state index in [0.29, 0.717) is 5.92 Å². The Morgan fingerprint density at radius 3 is 2.94 bits per heavy atom. The molecule has 3 heteroatoms. The van der Waals surface area contributed by atoms with E-state index in [1.54, 1.807) is 0 Å². The summed E-state index contributed by atoms with van der Waals surface area (Å²) in [4.78, 5) is 4.42. The lowest BCUT2D eigenvalue weighted by molar-refractivity contribution is -0.0682. The lowest BCUT2D eigenvalue weighted by atomic mass is 9.72. The molecule has 17 heavy (non-hydrogen) atoms. The van der Waals surface area contributed by atoms with Crippen molar-refractivity contribution in [2.75, 3.05) is 0 Å². The van der Waals surface area contributed by atoms with Crippen molar-refractivity contribution in [2.45, 2.75) is 58.6 Å². The van der Waals surface area contributed by atoms with Gasteiger partial charge in [-0.25, -0.2) is 4.98 Å². The molecule has 0 amide bonds. The van der Waals surface area contributed by atoms with E-state index in [4.69, 9.17) is 0 Å². The quantitative estimate of drug-likeness (QED) is 0.876. The molecule has 0 bridgehead atoms. The minimum Gasteiger partial charge on any atom is -0.382 e. The largest absolute Gasteiger partial charge is 0.382 e. The van der Waals surface area contributed by atoms with Gasteiger partial charge in [0.05, 0.1) is 0 Å². The van der Waals surface area contributed by atoms with Crippen molar-refractivity contribution in [3.05, 3.63) is 18.2 Å². The van der Waals surface area contributed by atoms with Gasteiger partial charge in [0.1, 0.15) is 11.4 Å². The van der Waals surface area contributed by atoms with Gasteiger partial charge in [0, 0.05) is 18.9 Å². The van der Waals surface area contributed by atoms with E-state index in [0.717, 1.165) is 44.0 Å². The predicted molar refractivity (Wildman–Crippen MR) is 68.6 cm³/mol. The number of hydrogen-bond donors (Lipinski definition) is 1. The van der Waals surface area contributed by atoms with Crippen LogP contribution in [-0.2, 0) is 12.1 Å². The van der Waals surface area contributed by atoms with Crippen molar-refractivity contribution in [1.82, 2.24) is 9.55 Å². The van der Waals surface area contributed by atoms with Crippen molar-refractivity contribution in [3.63, 3.8) is 0 Å². The van der Waals surface area contributed by atoms with Crippen LogP contribution in [0.1, 0.15) is 52.3 Å². The van der Waals surface area contributed by atoms with Crippen LogP contribution in [0.25, 0.3) is 0 Å². The predicted octanol–water partition coefficient (Wildman–Crippen LogP) is 2.94. The monoisotopic (exact) mass is 236 g/mol. The van der Waals surface area contributed by atoms with Gasteiger partial charge in [-0.2, -0.15) is 0 Å². The molecule has 3 nitrogen and oxygen atoms in total. The average molecular weight is 236 g/mol. The van der Waals surface area contributed by atoms with Crippen molar-refractivity contribution in [2.24, 2.45) is 11.8 Å². The Labute approximate surface area is 104 Å². The van der Waals surface area contributed by atoms with Crippen LogP contribution in [0.15, 0.2) is 12.4 Å². The Morgan fingerprint density at radius 2 is 2.29 bits per heavy atom. The Morgan fingerprint density at radius 1 is 1.53 bits per heavy atom. The maximum absolute atomic E-state index is 10.9. The summed E-state index contributed by atoms with van der Waals surface area (Å²) in [6, 6.07) is 0. The van der Waals surface area contributed by atoms with Gasteiger partial charge >= 0.3 is 0 Å². The zero-order valence-electron chi connectivity index (χ0n) is 11.2. The fourth-order valence-corrected chi connectivity index (χ4v) is 3.07. The second-order valence-electron chi connectivity index (χ2n) is 5.65. The summed E-state index contributed by atoms with van der Waals surface area (Å²) < 4.78 is 2.12. The molecule has 1 aliphatic rings. The molecule has 0 saturated heterocycles. The van der Waals surface area contributed by atoms with Crippen LogP contribution in [0.4, 0.5) is 0 Å². The van der Waals surface area contributed by atoms with Gasteiger partial charge in [0.2, 0.25) is 0 Å². The van der Waals surface area contributed by atoms with E-state index < -0.39 is 5.60 Å². The van der Waals surface area contributed by atoms with E-state index in [-0.39, 0.29) is 0 Å². The third-order valence-electron chi connectivity index (χ3n) is 4.16. The molecule has 1 heterocycles. The highest BCUT2D eigenvalue weighted by molar-refractivity contribution is 5.09. The number of aromatic nitrogens is 2. The number of aryl methyl sites for hydroxylation is 1. The third-order valence-corrected chi connectivity index (χ3v) is 4.16. The number of imidazole rings is 1. The molecule has 1 aromatic heterocycles. The van der Waals surface area contributed by atoms with Crippen molar-refractivity contribution in [3.8, 4) is 0 Å². The normalized spacial score (nSPS) is 33.9. The highest BCUT2D eigenvalue weighted by Gasteiger charge is 2.42. The van der Waals surface area contributed by atoms with Gasteiger partial charge in [-0.05, 0) is 37.5 Å². The molecular weight excluding hydrogens is 212 g/mol. The van der Waals surface area contributed by atoms with Gasteiger partial charge in [0.25, 0.3) is 0 Å². The first kappa shape index (κ1) is 12.6. The highest BCUT2D eigenvalue weighted by atomic mass is 16.3. The van der Waals surface area contributed by atoms with Crippen LogP contribution in [0.2, 0.25) is 0 Å². The SMILES string of the molecule is CCCn1ccnc1C1(O)CCC(C)CC1C. The molecule has 3 atom stereocenters. The summed E-state index contributed by atoms with van der Waals surface area (Å²) in [5.41, 5.74) is -0.717. The highest BCUT2D eigenvalue weighted by Crippen LogP contribution is 2.42. The molecule has 1 N–H and O–H groups in total. The summed E-state index contributed by atoms with van der Waals surface area (Å²) >= 11 is 0. The first-order valence-corrected chi connectivity index (χ1v) is 6.82. The van der Waals surface area contributed by atoms with Crippen molar-refractivity contribution in [1.29, 1.82) is 0 Å². The number of hydrogen-bond acceptors (Lipinski definition) is 2. The zero-order chi connectivity index (χ0) is 12.5. The second-order valence-corrected chi connectivity index (χ2v) is 5.65. The minimum absolute atomic E-state index is 0.296. The maximum Gasteiger partial charge on any atom is 0.141 e. The van der Waals surface area contributed by atoms with Gasteiger partial charge in [-0.15, -0.1) is 0 Å². The number of aliphatic hydroxyl groups is 1. The molecule has 1 fully saturated rings. The molecule has 1 aliphatic carbocycles. The first-order valence-electron chi connectivity index (χ1n) is 6.82. The molecule has 96 valence electrons. The maximum atomic E-state index is 10.9. The summed E-state index contributed by atoms with van der Waals surface area (Å²) in [5, 5.41) is 10.9. The van der Waals surface area contributed by atoms with Gasteiger partial charge in [-0.3, -0.25) is 0 Å². The summed E-state index contributed by atoms with van der Waals surface area (Å²) in [7, 11) is 0. The summed E-state index contributed by atoms with van der Waals surface area (Å²) in [6.45, 7) is 7.52. The molecule has 0 spiro atoms. The molecule has 3 unspecified atom stereocenters. The average Bonchev–Trinajstić information content (AvgIpc) is 2.73. The Kier molecular flexibility index (Phi) is 3.57. The zero-order valence-corrected chi connectivity index (χ0v) is 11.2. The summed E-state index contributed by atoms with van der Waals surface area (Å²) in [6.07, 6.45) is 7.91. The Hall–Kier alpha value is -0.830. The van der Waals surface area contributed by atoms with E-state index in [2.05, 4.69) is 30.3 Å². The van der Waals surface area contributed by atoms with Crippen molar-refractivity contribution >= 4 is 0 Å². The van der Waals surface area contributed by atoms with E-state index >= 15 is 0 Å².